The van der Waals surface area contributed by atoms with Crippen LogP contribution in [-0.2, 0) is 4.79 Å². The first-order valence-electron chi connectivity index (χ1n) is 7.71. The molecule has 0 aliphatic rings. The van der Waals surface area contributed by atoms with Crippen LogP contribution < -0.4 is 10.1 Å². The maximum absolute atomic E-state index is 12.1. The van der Waals surface area contributed by atoms with Crippen molar-refractivity contribution in [2.75, 3.05) is 6.54 Å². The van der Waals surface area contributed by atoms with Gasteiger partial charge in [-0.05, 0) is 24.5 Å². The van der Waals surface area contributed by atoms with Crippen molar-refractivity contribution in [3.05, 3.63) is 70.3 Å². The van der Waals surface area contributed by atoms with Crippen LogP contribution in [0.15, 0.2) is 54.6 Å². The zero-order valence-corrected chi connectivity index (χ0v) is 13.6. The standard InChI is InChI=1S/C18H20N2O4/c1-13(15-7-4-3-5-8-15)12-19-18(21)14(2)24-17-10-6-9-16(11-17)20(22)23/h3-11,13-14H,12H2,1-2H3,(H,19,21)/t13-,14+/m1/s1. The van der Waals surface area contributed by atoms with Crippen LogP contribution in [0.3, 0.4) is 0 Å². The van der Waals surface area contributed by atoms with E-state index in [1.165, 1.54) is 18.2 Å². The lowest BCUT2D eigenvalue weighted by Gasteiger charge is -2.17. The van der Waals surface area contributed by atoms with Crippen LogP contribution in [0.5, 0.6) is 5.75 Å². The van der Waals surface area contributed by atoms with Crippen LogP contribution in [0.2, 0.25) is 0 Å². The molecule has 2 aromatic carbocycles. The molecule has 0 aliphatic heterocycles. The molecule has 1 amide bonds. The normalized spacial score (nSPS) is 12.9. The van der Waals surface area contributed by atoms with Crippen molar-refractivity contribution in [3.8, 4) is 5.75 Å². The molecular weight excluding hydrogens is 308 g/mol. The Morgan fingerprint density at radius 2 is 1.88 bits per heavy atom. The quantitative estimate of drug-likeness (QED) is 0.624. The van der Waals surface area contributed by atoms with Gasteiger partial charge in [0.2, 0.25) is 0 Å². The summed E-state index contributed by atoms with van der Waals surface area (Å²) in [6, 6.07) is 15.7. The average Bonchev–Trinajstić information content (AvgIpc) is 2.60. The number of carbonyl (C=O) groups is 1. The number of nitro benzene ring substituents is 1. The smallest absolute Gasteiger partial charge is 0.273 e. The fourth-order valence-corrected chi connectivity index (χ4v) is 2.22. The Bertz CT molecular complexity index is 703. The lowest BCUT2D eigenvalue weighted by atomic mass is 10.0. The number of amides is 1. The highest BCUT2D eigenvalue weighted by atomic mass is 16.6. The third-order valence-corrected chi connectivity index (χ3v) is 3.66. The number of nitro groups is 1. The van der Waals surface area contributed by atoms with E-state index in [0.29, 0.717) is 12.3 Å². The number of carbonyl (C=O) groups excluding carboxylic acids is 1. The number of hydrogen-bond acceptors (Lipinski definition) is 4. The summed E-state index contributed by atoms with van der Waals surface area (Å²) in [6.07, 6.45) is -0.741. The summed E-state index contributed by atoms with van der Waals surface area (Å²) in [5, 5.41) is 13.6. The first-order chi connectivity index (χ1) is 11.5. The zero-order valence-electron chi connectivity index (χ0n) is 13.6. The van der Waals surface area contributed by atoms with E-state index < -0.39 is 11.0 Å². The first kappa shape index (κ1) is 17.5. The third-order valence-electron chi connectivity index (χ3n) is 3.66. The van der Waals surface area contributed by atoms with Gasteiger partial charge in [0.1, 0.15) is 5.75 Å². The Labute approximate surface area is 140 Å². The summed E-state index contributed by atoms with van der Waals surface area (Å²) in [4.78, 5) is 22.4. The maximum Gasteiger partial charge on any atom is 0.273 e. The molecule has 2 rings (SSSR count). The van der Waals surface area contributed by atoms with Crippen molar-refractivity contribution >= 4 is 11.6 Å². The van der Waals surface area contributed by atoms with Gasteiger partial charge in [0.25, 0.3) is 11.6 Å². The number of nitrogens with zero attached hydrogens (tertiary/aromatic N) is 1. The Morgan fingerprint density at radius 3 is 2.54 bits per heavy atom. The Balaban J connectivity index is 1.88. The second-order valence-corrected chi connectivity index (χ2v) is 5.57. The lowest BCUT2D eigenvalue weighted by Crippen LogP contribution is -2.38. The molecule has 6 heteroatoms. The second kappa shape index (κ2) is 8.10. The second-order valence-electron chi connectivity index (χ2n) is 5.57. The molecule has 0 saturated carbocycles. The average molecular weight is 328 g/mol. The molecule has 0 bridgehead atoms. The molecule has 2 atom stereocenters. The van der Waals surface area contributed by atoms with Gasteiger partial charge in [0.15, 0.2) is 6.10 Å². The maximum atomic E-state index is 12.1. The first-order valence-corrected chi connectivity index (χ1v) is 7.71. The van der Waals surface area contributed by atoms with Crippen molar-refractivity contribution in [2.24, 2.45) is 0 Å². The van der Waals surface area contributed by atoms with E-state index in [4.69, 9.17) is 4.74 Å². The van der Waals surface area contributed by atoms with Crippen molar-refractivity contribution in [1.29, 1.82) is 0 Å². The number of rotatable bonds is 7. The van der Waals surface area contributed by atoms with Gasteiger partial charge in [0.05, 0.1) is 11.0 Å². The molecule has 0 unspecified atom stereocenters. The number of benzene rings is 2. The predicted molar refractivity (Wildman–Crippen MR) is 91.1 cm³/mol. The van der Waals surface area contributed by atoms with E-state index in [-0.39, 0.29) is 17.5 Å². The largest absolute Gasteiger partial charge is 0.481 e. The van der Waals surface area contributed by atoms with E-state index in [2.05, 4.69) is 5.32 Å². The van der Waals surface area contributed by atoms with E-state index >= 15 is 0 Å². The minimum absolute atomic E-state index is 0.0715. The Kier molecular flexibility index (Phi) is 5.89. The van der Waals surface area contributed by atoms with E-state index in [0.717, 1.165) is 5.56 Å². The lowest BCUT2D eigenvalue weighted by molar-refractivity contribution is -0.384. The Morgan fingerprint density at radius 1 is 1.17 bits per heavy atom. The number of hydrogen-bond donors (Lipinski definition) is 1. The van der Waals surface area contributed by atoms with Gasteiger partial charge in [-0.2, -0.15) is 0 Å². The molecular formula is C18H20N2O4. The van der Waals surface area contributed by atoms with E-state index in [1.807, 2.05) is 37.3 Å². The fourth-order valence-electron chi connectivity index (χ4n) is 2.22. The topological polar surface area (TPSA) is 81.5 Å². The zero-order chi connectivity index (χ0) is 17.5. The van der Waals surface area contributed by atoms with Crippen LogP contribution in [-0.4, -0.2) is 23.5 Å². The number of non-ortho nitro benzene ring substituents is 1. The van der Waals surface area contributed by atoms with Gasteiger partial charge in [-0.15, -0.1) is 0 Å². The summed E-state index contributed by atoms with van der Waals surface area (Å²) in [5.41, 5.74) is 1.07. The summed E-state index contributed by atoms with van der Waals surface area (Å²) < 4.78 is 5.49. The fraction of sp³-hybridized carbons (Fsp3) is 0.278. The van der Waals surface area contributed by atoms with Crippen LogP contribution >= 0.6 is 0 Å². The minimum Gasteiger partial charge on any atom is -0.481 e. The summed E-state index contributed by atoms with van der Waals surface area (Å²) >= 11 is 0. The van der Waals surface area contributed by atoms with Crippen molar-refractivity contribution in [1.82, 2.24) is 5.32 Å². The van der Waals surface area contributed by atoms with Gasteiger partial charge in [-0.3, -0.25) is 14.9 Å². The molecule has 0 spiro atoms. The number of nitrogens with one attached hydrogen (secondary N) is 1. The van der Waals surface area contributed by atoms with Crippen molar-refractivity contribution in [3.63, 3.8) is 0 Å². The van der Waals surface area contributed by atoms with Crippen LogP contribution in [0.25, 0.3) is 0 Å². The third kappa shape index (κ3) is 4.81. The molecule has 0 aliphatic carbocycles. The molecule has 0 aromatic heterocycles. The van der Waals surface area contributed by atoms with Crippen LogP contribution in [0, 0.1) is 10.1 Å². The molecule has 1 N–H and O–H groups in total. The SMILES string of the molecule is C[C@H](Oc1cccc([N+](=O)[O-])c1)C(=O)NC[C@@H](C)c1ccccc1. The molecule has 0 heterocycles. The molecule has 0 radical (unpaired) electrons. The van der Waals surface area contributed by atoms with Gasteiger partial charge in [-0.25, -0.2) is 0 Å². The summed E-state index contributed by atoms with van der Waals surface area (Å²) in [5.74, 6) is 0.215. The van der Waals surface area contributed by atoms with Gasteiger partial charge < -0.3 is 10.1 Å². The summed E-state index contributed by atoms with van der Waals surface area (Å²) in [6.45, 7) is 4.13. The van der Waals surface area contributed by atoms with E-state index in [9.17, 15) is 14.9 Å². The van der Waals surface area contributed by atoms with Crippen LogP contribution in [0.4, 0.5) is 5.69 Å². The summed E-state index contributed by atoms with van der Waals surface area (Å²) in [7, 11) is 0. The highest BCUT2D eigenvalue weighted by Gasteiger charge is 2.17. The van der Waals surface area contributed by atoms with Gasteiger partial charge >= 0.3 is 0 Å². The number of ether oxygens (including phenoxy) is 1. The molecule has 0 fully saturated rings. The van der Waals surface area contributed by atoms with Gasteiger partial charge in [-0.1, -0.05) is 43.3 Å². The van der Waals surface area contributed by atoms with Crippen LogP contribution in [0.1, 0.15) is 25.3 Å². The van der Waals surface area contributed by atoms with Crippen molar-refractivity contribution < 1.29 is 14.5 Å². The molecule has 24 heavy (non-hydrogen) atoms. The highest BCUT2D eigenvalue weighted by Crippen LogP contribution is 2.20. The monoisotopic (exact) mass is 328 g/mol. The minimum atomic E-state index is -0.741. The van der Waals surface area contributed by atoms with Crippen molar-refractivity contribution in [2.45, 2.75) is 25.9 Å². The molecule has 126 valence electrons. The Hall–Kier alpha value is -2.89. The molecule has 2 aromatic rings. The van der Waals surface area contributed by atoms with E-state index in [1.54, 1.807) is 13.0 Å². The van der Waals surface area contributed by atoms with Gasteiger partial charge in [0, 0.05) is 12.6 Å². The highest BCUT2D eigenvalue weighted by molar-refractivity contribution is 5.80. The predicted octanol–water partition coefficient (Wildman–Crippen LogP) is 3.28. The molecule has 0 saturated heterocycles. The molecule has 6 nitrogen and oxygen atoms in total.